The zero-order valence-electron chi connectivity index (χ0n) is 20.7. The van der Waals surface area contributed by atoms with Gasteiger partial charge in [-0.2, -0.15) is 17.5 Å². The molecular formula is C26H32F2N4O2S2. The minimum Gasteiger partial charge on any atom is -0.293 e. The molecule has 0 bridgehead atoms. The van der Waals surface area contributed by atoms with E-state index in [1.54, 1.807) is 6.07 Å². The Balaban J connectivity index is 1.50. The van der Waals surface area contributed by atoms with Crippen molar-refractivity contribution in [1.29, 1.82) is 0 Å². The summed E-state index contributed by atoms with van der Waals surface area (Å²) in [5, 5.41) is -0.218. The molecule has 4 rings (SSSR count). The summed E-state index contributed by atoms with van der Waals surface area (Å²) >= 11 is 1.13. The lowest BCUT2D eigenvalue weighted by molar-refractivity contribution is 0.128. The first kappa shape index (κ1) is 26.7. The molecule has 0 amide bonds. The van der Waals surface area contributed by atoms with Gasteiger partial charge in [-0.15, -0.1) is 11.3 Å². The molecule has 1 saturated heterocycles. The summed E-state index contributed by atoms with van der Waals surface area (Å²) in [5.41, 5.74) is 1.71. The summed E-state index contributed by atoms with van der Waals surface area (Å²) in [6, 6.07) is 12.5. The summed E-state index contributed by atoms with van der Waals surface area (Å²) in [5.74, 6) is -0.438. The largest absolute Gasteiger partial charge is 0.299 e. The van der Waals surface area contributed by atoms with Crippen molar-refractivity contribution >= 4 is 27.2 Å². The van der Waals surface area contributed by atoms with Gasteiger partial charge in [0.2, 0.25) is 0 Å². The average molecular weight is 535 g/mol. The van der Waals surface area contributed by atoms with Crippen molar-refractivity contribution in [2.24, 2.45) is 5.41 Å². The second-order valence-electron chi connectivity index (χ2n) is 10.1. The Morgan fingerprint density at radius 3 is 2.50 bits per heavy atom. The number of pyridine rings is 1. The first-order valence-electron chi connectivity index (χ1n) is 11.9. The zero-order chi connectivity index (χ0) is 26.0. The van der Waals surface area contributed by atoms with E-state index in [0.717, 1.165) is 40.4 Å². The van der Waals surface area contributed by atoms with Crippen LogP contribution in [0, 0.1) is 23.3 Å². The topological polar surface area (TPSA) is 74.3 Å². The number of aromatic nitrogens is 1. The number of hydrogen-bond donors (Lipinski definition) is 2. The second-order valence-corrected chi connectivity index (χ2v) is 12.7. The highest BCUT2D eigenvalue weighted by Crippen LogP contribution is 2.41. The molecule has 3 heterocycles. The van der Waals surface area contributed by atoms with Gasteiger partial charge in [-0.05, 0) is 100 Å². The molecule has 1 unspecified atom stereocenters. The van der Waals surface area contributed by atoms with Crippen molar-refractivity contribution in [3.63, 3.8) is 0 Å². The number of rotatable bonds is 10. The minimum atomic E-state index is -3.87. The molecule has 1 fully saturated rings. The van der Waals surface area contributed by atoms with Gasteiger partial charge in [0, 0.05) is 41.1 Å². The molecule has 1 aliphatic rings. The Kier molecular flexibility index (Phi) is 7.80. The SMILES string of the molecule is Cc1ccc(C(C)(C)N2CCC(CCc3ccc(F)s3)(CNS(=O)(=O)Nc3ccc(F)cc3)C2)cn1. The molecule has 3 aromatic rings. The van der Waals surface area contributed by atoms with Gasteiger partial charge in [0.15, 0.2) is 5.13 Å². The first-order valence-corrected chi connectivity index (χ1v) is 14.2. The van der Waals surface area contributed by atoms with Crippen LogP contribution in [-0.2, 0) is 22.2 Å². The Labute approximate surface area is 216 Å². The van der Waals surface area contributed by atoms with Gasteiger partial charge in [-0.25, -0.2) is 4.39 Å². The van der Waals surface area contributed by atoms with Gasteiger partial charge < -0.3 is 0 Å². The predicted molar refractivity (Wildman–Crippen MR) is 140 cm³/mol. The van der Waals surface area contributed by atoms with Gasteiger partial charge >= 0.3 is 0 Å². The maximum atomic E-state index is 13.6. The predicted octanol–water partition coefficient (Wildman–Crippen LogP) is 5.24. The Bertz CT molecular complexity index is 1280. The van der Waals surface area contributed by atoms with Gasteiger partial charge in [-0.3, -0.25) is 14.6 Å². The van der Waals surface area contributed by atoms with E-state index in [2.05, 4.69) is 39.2 Å². The Morgan fingerprint density at radius 1 is 1.11 bits per heavy atom. The van der Waals surface area contributed by atoms with E-state index < -0.39 is 16.0 Å². The normalized spacial score (nSPS) is 19.0. The van der Waals surface area contributed by atoms with Crippen LogP contribution in [0.3, 0.4) is 0 Å². The van der Waals surface area contributed by atoms with Crippen molar-refractivity contribution in [2.45, 2.75) is 45.6 Å². The molecule has 1 aromatic carbocycles. The van der Waals surface area contributed by atoms with Crippen molar-refractivity contribution < 1.29 is 17.2 Å². The number of thiophene rings is 1. The molecule has 1 atom stereocenters. The maximum Gasteiger partial charge on any atom is 0.299 e. The van der Waals surface area contributed by atoms with E-state index in [1.807, 2.05) is 19.2 Å². The van der Waals surface area contributed by atoms with Crippen LogP contribution in [0.4, 0.5) is 14.5 Å². The van der Waals surface area contributed by atoms with Gasteiger partial charge in [0.25, 0.3) is 10.2 Å². The molecule has 0 spiro atoms. The smallest absolute Gasteiger partial charge is 0.293 e. The van der Waals surface area contributed by atoms with Crippen LogP contribution in [0.5, 0.6) is 0 Å². The van der Waals surface area contributed by atoms with Crippen molar-refractivity contribution in [2.75, 3.05) is 24.4 Å². The molecule has 1 aliphatic heterocycles. The first-order chi connectivity index (χ1) is 17.0. The van der Waals surface area contributed by atoms with E-state index in [0.29, 0.717) is 19.4 Å². The third-order valence-corrected chi connectivity index (χ3v) is 9.07. The highest BCUT2D eigenvalue weighted by atomic mass is 32.2. The molecule has 36 heavy (non-hydrogen) atoms. The van der Waals surface area contributed by atoms with E-state index in [9.17, 15) is 17.2 Å². The molecular weight excluding hydrogens is 502 g/mol. The number of nitrogens with zero attached hydrogens (tertiary/aromatic N) is 2. The Morgan fingerprint density at radius 2 is 1.86 bits per heavy atom. The third kappa shape index (κ3) is 6.47. The number of aryl methyl sites for hydroxylation is 2. The molecule has 0 aliphatic carbocycles. The van der Waals surface area contributed by atoms with E-state index in [1.165, 1.54) is 30.3 Å². The lowest BCUT2D eigenvalue weighted by atomic mass is 9.82. The molecule has 2 aromatic heterocycles. The summed E-state index contributed by atoms with van der Waals surface area (Å²) in [6.07, 6.45) is 4.08. The van der Waals surface area contributed by atoms with E-state index >= 15 is 0 Å². The van der Waals surface area contributed by atoms with Gasteiger partial charge in [0.05, 0.1) is 0 Å². The number of halogens is 2. The summed E-state index contributed by atoms with van der Waals surface area (Å²) in [7, 11) is -3.87. The van der Waals surface area contributed by atoms with Crippen LogP contribution >= 0.6 is 11.3 Å². The number of likely N-dealkylation sites (tertiary alicyclic amines) is 1. The van der Waals surface area contributed by atoms with E-state index in [-0.39, 0.29) is 28.3 Å². The third-order valence-electron chi connectivity index (χ3n) is 7.11. The number of hydrogen-bond acceptors (Lipinski definition) is 5. The monoisotopic (exact) mass is 534 g/mol. The van der Waals surface area contributed by atoms with Crippen LogP contribution in [0.2, 0.25) is 0 Å². The second kappa shape index (κ2) is 10.5. The van der Waals surface area contributed by atoms with Crippen LogP contribution in [0.25, 0.3) is 0 Å². The molecule has 2 N–H and O–H groups in total. The van der Waals surface area contributed by atoms with Crippen molar-refractivity contribution in [1.82, 2.24) is 14.6 Å². The minimum absolute atomic E-state index is 0.218. The fraction of sp³-hybridized carbons (Fsp3) is 0.423. The highest BCUT2D eigenvalue weighted by molar-refractivity contribution is 7.90. The highest BCUT2D eigenvalue weighted by Gasteiger charge is 2.44. The number of nitrogens with one attached hydrogen (secondary N) is 2. The lowest BCUT2D eigenvalue weighted by Crippen LogP contribution is -2.45. The van der Waals surface area contributed by atoms with Crippen LogP contribution in [0.15, 0.2) is 54.7 Å². The van der Waals surface area contributed by atoms with Gasteiger partial charge in [-0.1, -0.05) is 6.07 Å². The molecule has 194 valence electrons. The van der Waals surface area contributed by atoms with Crippen LogP contribution in [-0.4, -0.2) is 37.9 Å². The fourth-order valence-electron chi connectivity index (χ4n) is 4.69. The summed E-state index contributed by atoms with van der Waals surface area (Å²) < 4.78 is 57.6. The Hall–Kier alpha value is -2.40. The van der Waals surface area contributed by atoms with Crippen LogP contribution < -0.4 is 9.44 Å². The van der Waals surface area contributed by atoms with Crippen LogP contribution in [0.1, 0.15) is 42.8 Å². The van der Waals surface area contributed by atoms with Gasteiger partial charge in [0.1, 0.15) is 5.82 Å². The summed E-state index contributed by atoms with van der Waals surface area (Å²) in [6.45, 7) is 7.98. The fourth-order valence-corrected chi connectivity index (χ4v) is 6.43. The summed E-state index contributed by atoms with van der Waals surface area (Å²) in [4.78, 5) is 7.78. The average Bonchev–Trinajstić information content (AvgIpc) is 3.45. The van der Waals surface area contributed by atoms with E-state index in [4.69, 9.17) is 0 Å². The maximum absolute atomic E-state index is 13.6. The molecule has 0 radical (unpaired) electrons. The molecule has 6 nitrogen and oxygen atoms in total. The quantitative estimate of drug-likeness (QED) is 0.373. The lowest BCUT2D eigenvalue weighted by Gasteiger charge is -2.38. The number of anilines is 1. The van der Waals surface area contributed by atoms with Crippen molar-refractivity contribution in [3.05, 3.63) is 81.8 Å². The standard InChI is InChI=1S/C26H32F2N4O2S2/c1-19-4-5-20(16-29-19)25(2,3)32-15-14-26(18-32,13-12-23-10-11-24(28)35-23)17-30-36(33,34)31-22-8-6-21(27)7-9-22/h4-11,16,30-31H,12-15,17-18H2,1-3H3. The number of benzene rings is 1. The molecule has 0 saturated carbocycles. The van der Waals surface area contributed by atoms with Crippen molar-refractivity contribution in [3.8, 4) is 0 Å². The zero-order valence-corrected chi connectivity index (χ0v) is 22.4. The molecule has 10 heteroatoms.